The summed E-state index contributed by atoms with van der Waals surface area (Å²) >= 11 is 0. The van der Waals surface area contributed by atoms with E-state index in [4.69, 9.17) is 0 Å². The first-order valence-electron chi connectivity index (χ1n) is 4.45. The zero-order valence-corrected chi connectivity index (χ0v) is 8.77. The number of carbonyl (C=O) groups is 1. The van der Waals surface area contributed by atoms with Gasteiger partial charge in [-0.05, 0) is 12.1 Å². The summed E-state index contributed by atoms with van der Waals surface area (Å²) in [6.45, 7) is 0. The van der Waals surface area contributed by atoms with Gasteiger partial charge in [-0.15, -0.1) is 0 Å². The second kappa shape index (κ2) is 4.56. The summed E-state index contributed by atoms with van der Waals surface area (Å²) in [5.41, 5.74) is 0.702. The number of carbonyl (C=O) groups excluding carboxylic acids is 1. The van der Waals surface area contributed by atoms with Gasteiger partial charge in [0, 0.05) is 0 Å². The highest BCUT2D eigenvalue weighted by Crippen LogP contribution is 2.01. The van der Waals surface area contributed by atoms with Crippen LogP contribution in [0.1, 0.15) is 10.4 Å². The van der Waals surface area contributed by atoms with E-state index in [2.05, 4.69) is 0 Å². The molecule has 1 aromatic carbocycles. The normalized spacial score (nSPS) is 9.36. The van der Waals surface area contributed by atoms with Crippen molar-refractivity contribution in [1.29, 1.82) is 0 Å². The van der Waals surface area contributed by atoms with Crippen LogP contribution in [0.25, 0.3) is 0 Å². The number of hydrogen-bond donors (Lipinski definition) is 0. The summed E-state index contributed by atoms with van der Waals surface area (Å²) in [6.07, 6.45) is 1.75. The van der Waals surface area contributed by atoms with E-state index >= 15 is 0 Å². The molecular formula is C11H15N2O+. The van der Waals surface area contributed by atoms with E-state index in [9.17, 15) is 4.79 Å². The molecule has 0 N–H and O–H groups in total. The number of benzene rings is 1. The van der Waals surface area contributed by atoms with Crippen molar-refractivity contribution >= 4 is 12.2 Å². The van der Waals surface area contributed by atoms with E-state index in [1.165, 1.54) is 0 Å². The van der Waals surface area contributed by atoms with Crippen molar-refractivity contribution in [3.05, 3.63) is 35.9 Å². The summed E-state index contributed by atoms with van der Waals surface area (Å²) in [5, 5.41) is 0. The molecule has 0 radical (unpaired) electrons. The molecule has 0 spiro atoms. The van der Waals surface area contributed by atoms with Crippen LogP contribution in [0.4, 0.5) is 0 Å². The van der Waals surface area contributed by atoms with Crippen LogP contribution in [0.5, 0.6) is 0 Å². The predicted octanol–water partition coefficient (Wildman–Crippen LogP) is 1.06. The van der Waals surface area contributed by atoms with Crippen LogP contribution in [0.15, 0.2) is 30.3 Å². The second-order valence-corrected chi connectivity index (χ2v) is 3.36. The van der Waals surface area contributed by atoms with Crippen molar-refractivity contribution in [3.8, 4) is 0 Å². The van der Waals surface area contributed by atoms with Crippen LogP contribution in [-0.4, -0.2) is 42.9 Å². The Balaban J connectivity index is 2.82. The fourth-order valence-electron chi connectivity index (χ4n) is 1.18. The smallest absolute Gasteiger partial charge is 0.273 e. The molecule has 74 valence electrons. The molecule has 0 saturated heterocycles. The van der Waals surface area contributed by atoms with E-state index in [-0.39, 0.29) is 5.91 Å². The molecule has 0 heterocycles. The van der Waals surface area contributed by atoms with E-state index in [1.54, 1.807) is 18.3 Å². The first-order chi connectivity index (χ1) is 6.61. The highest BCUT2D eigenvalue weighted by molar-refractivity contribution is 5.99. The molecule has 0 bridgehead atoms. The fraction of sp³-hybridized carbons (Fsp3) is 0.273. The van der Waals surface area contributed by atoms with Crippen molar-refractivity contribution < 1.29 is 9.37 Å². The Morgan fingerprint density at radius 1 is 1.29 bits per heavy atom. The minimum atomic E-state index is -0.000648. The zero-order valence-electron chi connectivity index (χ0n) is 8.77. The average molecular weight is 191 g/mol. The molecule has 0 unspecified atom stereocenters. The zero-order chi connectivity index (χ0) is 10.6. The molecule has 3 nitrogen and oxygen atoms in total. The number of hydrogen-bond acceptors (Lipinski definition) is 1. The molecule has 0 aromatic heterocycles. The molecule has 0 fully saturated rings. The van der Waals surface area contributed by atoms with Gasteiger partial charge in [0.2, 0.25) is 6.34 Å². The molecule has 3 heteroatoms. The quantitative estimate of drug-likeness (QED) is 0.389. The lowest BCUT2D eigenvalue weighted by Gasteiger charge is -2.04. The van der Waals surface area contributed by atoms with E-state index in [1.807, 2.05) is 49.0 Å². The third-order valence-electron chi connectivity index (χ3n) is 1.75. The first-order valence-corrected chi connectivity index (χ1v) is 4.45. The van der Waals surface area contributed by atoms with Gasteiger partial charge < -0.3 is 0 Å². The third kappa shape index (κ3) is 2.69. The molecule has 0 aliphatic rings. The minimum absolute atomic E-state index is 0.000648. The van der Waals surface area contributed by atoms with Gasteiger partial charge in [-0.2, -0.15) is 0 Å². The highest BCUT2D eigenvalue weighted by Gasteiger charge is 2.14. The standard InChI is InChI=1S/C11H15N2O/c1-12(2)9-13(3)11(14)10-7-5-4-6-8-10/h4-9H,1-3H3/q+1. The third-order valence-corrected chi connectivity index (χ3v) is 1.75. The van der Waals surface area contributed by atoms with Gasteiger partial charge >= 0.3 is 5.91 Å². The van der Waals surface area contributed by atoms with Crippen LogP contribution >= 0.6 is 0 Å². The maximum atomic E-state index is 11.7. The lowest BCUT2D eigenvalue weighted by molar-refractivity contribution is -0.463. The Morgan fingerprint density at radius 3 is 2.36 bits per heavy atom. The minimum Gasteiger partial charge on any atom is -0.273 e. The molecule has 1 amide bonds. The Bertz CT molecular complexity index is 340. The summed E-state index contributed by atoms with van der Waals surface area (Å²) < 4.78 is 1.83. The van der Waals surface area contributed by atoms with E-state index in [0.717, 1.165) is 0 Å². The summed E-state index contributed by atoms with van der Waals surface area (Å²) in [7, 11) is 5.51. The Labute approximate surface area is 84.3 Å². The Kier molecular flexibility index (Phi) is 3.40. The lowest BCUT2D eigenvalue weighted by Crippen LogP contribution is -2.28. The molecule has 14 heavy (non-hydrogen) atoms. The van der Waals surface area contributed by atoms with Gasteiger partial charge in [0.15, 0.2) is 0 Å². The van der Waals surface area contributed by atoms with Crippen LogP contribution in [0.3, 0.4) is 0 Å². The largest absolute Gasteiger partial charge is 0.340 e. The van der Waals surface area contributed by atoms with Crippen LogP contribution in [0.2, 0.25) is 0 Å². The van der Waals surface area contributed by atoms with Gasteiger partial charge in [-0.25, -0.2) is 9.69 Å². The van der Waals surface area contributed by atoms with Gasteiger partial charge in [0.1, 0.15) is 0 Å². The van der Waals surface area contributed by atoms with Crippen LogP contribution in [0, 0.1) is 0 Å². The molecule has 0 saturated carbocycles. The lowest BCUT2D eigenvalue weighted by atomic mass is 10.2. The maximum absolute atomic E-state index is 11.7. The number of nitrogens with zero attached hydrogens (tertiary/aromatic N) is 2. The summed E-state index contributed by atoms with van der Waals surface area (Å²) in [4.78, 5) is 13.3. The Hall–Kier alpha value is -1.64. The SMILES string of the molecule is CN(C=[N+](C)C)C(=O)c1ccccc1. The van der Waals surface area contributed by atoms with Crippen molar-refractivity contribution in [1.82, 2.24) is 4.90 Å². The monoisotopic (exact) mass is 191 g/mol. The van der Waals surface area contributed by atoms with E-state index in [0.29, 0.717) is 5.56 Å². The topological polar surface area (TPSA) is 23.3 Å². The van der Waals surface area contributed by atoms with Crippen LogP contribution in [-0.2, 0) is 0 Å². The summed E-state index contributed by atoms with van der Waals surface area (Å²) in [5.74, 6) is -0.000648. The number of rotatable bonds is 2. The average Bonchev–Trinajstić information content (AvgIpc) is 2.17. The van der Waals surface area contributed by atoms with E-state index < -0.39 is 0 Å². The summed E-state index contributed by atoms with van der Waals surface area (Å²) in [6, 6.07) is 9.23. The molecule has 0 atom stereocenters. The van der Waals surface area contributed by atoms with Gasteiger partial charge in [0.05, 0.1) is 26.7 Å². The molecule has 1 aromatic rings. The predicted molar refractivity (Wildman–Crippen MR) is 56.7 cm³/mol. The van der Waals surface area contributed by atoms with Crippen molar-refractivity contribution in [3.63, 3.8) is 0 Å². The van der Waals surface area contributed by atoms with Crippen molar-refractivity contribution in [2.75, 3.05) is 21.1 Å². The fourth-order valence-corrected chi connectivity index (χ4v) is 1.18. The van der Waals surface area contributed by atoms with Gasteiger partial charge in [0.25, 0.3) is 0 Å². The second-order valence-electron chi connectivity index (χ2n) is 3.36. The Morgan fingerprint density at radius 2 is 1.86 bits per heavy atom. The van der Waals surface area contributed by atoms with Crippen molar-refractivity contribution in [2.45, 2.75) is 0 Å². The van der Waals surface area contributed by atoms with Crippen molar-refractivity contribution in [2.24, 2.45) is 0 Å². The first kappa shape index (κ1) is 10.4. The highest BCUT2D eigenvalue weighted by atomic mass is 16.2. The number of amides is 1. The van der Waals surface area contributed by atoms with Gasteiger partial charge in [-0.3, -0.25) is 4.58 Å². The van der Waals surface area contributed by atoms with Crippen LogP contribution < -0.4 is 0 Å². The van der Waals surface area contributed by atoms with Gasteiger partial charge in [-0.1, -0.05) is 18.2 Å². The molecule has 0 aliphatic carbocycles. The maximum Gasteiger partial charge on any atom is 0.340 e. The molecule has 0 aliphatic heterocycles. The molecular weight excluding hydrogens is 176 g/mol. The molecule has 1 rings (SSSR count).